The van der Waals surface area contributed by atoms with Crippen LogP contribution in [0.2, 0.25) is 0 Å². The number of hydrogen-bond donors (Lipinski definition) is 1. The Balaban J connectivity index is 2.99. The summed E-state index contributed by atoms with van der Waals surface area (Å²) in [4.78, 5) is 0. The van der Waals surface area contributed by atoms with Gasteiger partial charge in [0.2, 0.25) is 0 Å². The van der Waals surface area contributed by atoms with Gasteiger partial charge in [0, 0.05) is 5.54 Å². The van der Waals surface area contributed by atoms with Crippen LogP contribution in [0.3, 0.4) is 0 Å². The van der Waals surface area contributed by atoms with Crippen LogP contribution < -0.4 is 5.32 Å². The standard InChI is InChI=1S/C12H18N4/c1-4-12(5-2,6-3)15-11-10(9-13)7-8-14-16-11/h7-8H,4-6H2,1-3H3,(H,15,16). The van der Waals surface area contributed by atoms with Crippen molar-refractivity contribution in [2.45, 2.75) is 45.6 Å². The zero-order valence-electron chi connectivity index (χ0n) is 10.1. The minimum absolute atomic E-state index is 0.0155. The van der Waals surface area contributed by atoms with E-state index in [0.29, 0.717) is 11.4 Å². The largest absolute Gasteiger partial charge is 0.362 e. The molecular weight excluding hydrogens is 200 g/mol. The third-order valence-corrected chi connectivity index (χ3v) is 3.26. The van der Waals surface area contributed by atoms with E-state index in [2.05, 4.69) is 42.4 Å². The molecule has 4 heteroatoms. The van der Waals surface area contributed by atoms with E-state index in [0.717, 1.165) is 19.3 Å². The van der Waals surface area contributed by atoms with Crippen LogP contribution >= 0.6 is 0 Å². The Kier molecular flexibility index (Phi) is 4.24. The molecule has 1 aromatic heterocycles. The van der Waals surface area contributed by atoms with Crippen LogP contribution in [-0.4, -0.2) is 15.7 Å². The second-order valence-electron chi connectivity index (χ2n) is 3.87. The Hall–Kier alpha value is -1.63. The van der Waals surface area contributed by atoms with Gasteiger partial charge in [0.25, 0.3) is 0 Å². The Labute approximate surface area is 96.7 Å². The first-order chi connectivity index (χ1) is 7.71. The van der Waals surface area contributed by atoms with Crippen LogP contribution in [0, 0.1) is 11.3 Å². The molecule has 4 nitrogen and oxygen atoms in total. The highest BCUT2D eigenvalue weighted by molar-refractivity contribution is 5.51. The highest BCUT2D eigenvalue weighted by atomic mass is 15.2. The summed E-state index contributed by atoms with van der Waals surface area (Å²) < 4.78 is 0. The third-order valence-electron chi connectivity index (χ3n) is 3.26. The molecule has 0 aliphatic rings. The molecular formula is C12H18N4. The summed E-state index contributed by atoms with van der Waals surface area (Å²) in [5.74, 6) is 0.593. The van der Waals surface area contributed by atoms with Crippen molar-refractivity contribution in [1.82, 2.24) is 10.2 Å². The van der Waals surface area contributed by atoms with Gasteiger partial charge in [-0.1, -0.05) is 20.8 Å². The number of anilines is 1. The maximum Gasteiger partial charge on any atom is 0.167 e. The first-order valence-electron chi connectivity index (χ1n) is 5.71. The lowest BCUT2D eigenvalue weighted by Gasteiger charge is -2.32. The van der Waals surface area contributed by atoms with Gasteiger partial charge in [-0.3, -0.25) is 0 Å². The molecule has 0 aliphatic carbocycles. The van der Waals surface area contributed by atoms with E-state index in [-0.39, 0.29) is 5.54 Å². The van der Waals surface area contributed by atoms with Crippen molar-refractivity contribution >= 4 is 5.82 Å². The zero-order chi connectivity index (χ0) is 12.0. The molecule has 0 unspecified atom stereocenters. The van der Waals surface area contributed by atoms with Crippen molar-refractivity contribution in [2.24, 2.45) is 0 Å². The van der Waals surface area contributed by atoms with Crippen LogP contribution in [0.4, 0.5) is 5.82 Å². The van der Waals surface area contributed by atoms with Crippen LogP contribution in [0.1, 0.15) is 45.6 Å². The number of hydrogen-bond acceptors (Lipinski definition) is 4. The number of aromatic nitrogens is 2. The van der Waals surface area contributed by atoms with Gasteiger partial charge in [-0.25, -0.2) is 0 Å². The van der Waals surface area contributed by atoms with Gasteiger partial charge >= 0.3 is 0 Å². The van der Waals surface area contributed by atoms with Gasteiger partial charge in [-0.2, -0.15) is 10.4 Å². The summed E-state index contributed by atoms with van der Waals surface area (Å²) >= 11 is 0. The van der Waals surface area contributed by atoms with E-state index in [1.165, 1.54) is 6.20 Å². The summed E-state index contributed by atoms with van der Waals surface area (Å²) in [6, 6.07) is 3.81. The van der Waals surface area contributed by atoms with Crippen molar-refractivity contribution in [2.75, 3.05) is 5.32 Å². The Bertz CT molecular complexity index is 369. The maximum atomic E-state index is 8.98. The summed E-state index contributed by atoms with van der Waals surface area (Å²) in [5, 5.41) is 20.2. The zero-order valence-corrected chi connectivity index (χ0v) is 10.1. The molecule has 0 amide bonds. The molecule has 1 N–H and O–H groups in total. The first-order valence-corrected chi connectivity index (χ1v) is 5.71. The SMILES string of the molecule is CCC(CC)(CC)Nc1nnccc1C#N. The monoisotopic (exact) mass is 218 g/mol. The summed E-state index contributed by atoms with van der Waals surface area (Å²) in [7, 11) is 0. The molecule has 0 spiro atoms. The van der Waals surface area contributed by atoms with E-state index in [4.69, 9.17) is 5.26 Å². The van der Waals surface area contributed by atoms with Crippen LogP contribution in [-0.2, 0) is 0 Å². The molecule has 0 atom stereocenters. The van der Waals surface area contributed by atoms with Crippen molar-refractivity contribution in [3.05, 3.63) is 17.8 Å². The van der Waals surface area contributed by atoms with Crippen LogP contribution in [0.15, 0.2) is 12.3 Å². The number of nitriles is 1. The summed E-state index contributed by atoms with van der Waals surface area (Å²) in [6.45, 7) is 6.42. The van der Waals surface area contributed by atoms with E-state index in [1.54, 1.807) is 6.07 Å². The van der Waals surface area contributed by atoms with E-state index in [1.807, 2.05) is 0 Å². The quantitative estimate of drug-likeness (QED) is 0.825. The van der Waals surface area contributed by atoms with Crippen molar-refractivity contribution in [3.8, 4) is 6.07 Å². The molecule has 1 rings (SSSR count). The second kappa shape index (κ2) is 5.45. The lowest BCUT2D eigenvalue weighted by Crippen LogP contribution is -2.36. The highest BCUT2D eigenvalue weighted by Crippen LogP contribution is 2.25. The highest BCUT2D eigenvalue weighted by Gasteiger charge is 2.25. The lowest BCUT2D eigenvalue weighted by atomic mass is 9.89. The number of rotatable bonds is 5. The smallest absolute Gasteiger partial charge is 0.167 e. The molecule has 0 fully saturated rings. The predicted molar refractivity (Wildman–Crippen MR) is 64.0 cm³/mol. The molecule has 0 aliphatic heterocycles. The van der Waals surface area contributed by atoms with E-state index >= 15 is 0 Å². The van der Waals surface area contributed by atoms with Gasteiger partial charge in [0.15, 0.2) is 5.82 Å². The normalized spacial score (nSPS) is 10.9. The second-order valence-corrected chi connectivity index (χ2v) is 3.87. The van der Waals surface area contributed by atoms with E-state index < -0.39 is 0 Å². The molecule has 0 aromatic carbocycles. The van der Waals surface area contributed by atoms with Gasteiger partial charge in [0.05, 0.1) is 11.8 Å². The first kappa shape index (κ1) is 12.4. The number of nitrogens with zero attached hydrogens (tertiary/aromatic N) is 3. The van der Waals surface area contributed by atoms with E-state index in [9.17, 15) is 0 Å². The van der Waals surface area contributed by atoms with Crippen molar-refractivity contribution in [1.29, 1.82) is 5.26 Å². The average Bonchev–Trinajstić information content (AvgIpc) is 2.36. The maximum absolute atomic E-state index is 8.98. The fourth-order valence-electron chi connectivity index (χ4n) is 1.78. The van der Waals surface area contributed by atoms with Gasteiger partial charge in [-0.15, -0.1) is 5.10 Å². The molecule has 0 saturated carbocycles. The lowest BCUT2D eigenvalue weighted by molar-refractivity contribution is 0.418. The molecule has 1 heterocycles. The molecule has 86 valence electrons. The molecule has 0 saturated heterocycles. The fraction of sp³-hybridized carbons (Fsp3) is 0.583. The third kappa shape index (κ3) is 2.48. The average molecular weight is 218 g/mol. The van der Waals surface area contributed by atoms with Crippen LogP contribution in [0.25, 0.3) is 0 Å². The molecule has 0 radical (unpaired) electrons. The molecule has 1 aromatic rings. The Morgan fingerprint density at radius 1 is 1.31 bits per heavy atom. The predicted octanol–water partition coefficient (Wildman–Crippen LogP) is 2.73. The minimum atomic E-state index is 0.0155. The Morgan fingerprint density at radius 3 is 2.44 bits per heavy atom. The fourth-order valence-corrected chi connectivity index (χ4v) is 1.78. The number of nitrogens with one attached hydrogen (secondary N) is 1. The van der Waals surface area contributed by atoms with Crippen molar-refractivity contribution in [3.63, 3.8) is 0 Å². The van der Waals surface area contributed by atoms with Gasteiger partial charge < -0.3 is 5.32 Å². The van der Waals surface area contributed by atoms with Gasteiger partial charge in [-0.05, 0) is 25.3 Å². The molecule has 16 heavy (non-hydrogen) atoms. The van der Waals surface area contributed by atoms with Crippen LogP contribution in [0.5, 0.6) is 0 Å². The molecule has 0 bridgehead atoms. The Morgan fingerprint density at radius 2 is 1.94 bits per heavy atom. The van der Waals surface area contributed by atoms with Crippen molar-refractivity contribution < 1.29 is 0 Å². The van der Waals surface area contributed by atoms with Gasteiger partial charge in [0.1, 0.15) is 6.07 Å². The summed E-state index contributed by atoms with van der Waals surface area (Å²) in [5.41, 5.74) is 0.566. The summed E-state index contributed by atoms with van der Waals surface area (Å²) in [6.07, 6.45) is 4.54. The minimum Gasteiger partial charge on any atom is -0.362 e. The topological polar surface area (TPSA) is 61.6 Å².